The third-order valence-corrected chi connectivity index (χ3v) is 4.84. The van der Waals surface area contributed by atoms with Crippen LogP contribution in [0.3, 0.4) is 0 Å². The smallest absolute Gasteiger partial charge is 0.127 e. The van der Waals surface area contributed by atoms with E-state index < -0.39 is 0 Å². The van der Waals surface area contributed by atoms with Gasteiger partial charge in [0, 0.05) is 22.5 Å². The molecule has 1 saturated heterocycles. The molecule has 0 aliphatic carbocycles. The van der Waals surface area contributed by atoms with Gasteiger partial charge >= 0.3 is 0 Å². The zero-order valence-electron chi connectivity index (χ0n) is 13.5. The second-order valence-corrected chi connectivity index (χ2v) is 7.48. The van der Waals surface area contributed by atoms with Crippen molar-refractivity contribution in [3.63, 3.8) is 0 Å². The summed E-state index contributed by atoms with van der Waals surface area (Å²) in [6.07, 6.45) is 1.51. The van der Waals surface area contributed by atoms with Crippen molar-refractivity contribution in [3.8, 4) is 0 Å². The molecule has 2 atom stereocenters. The highest BCUT2D eigenvalue weighted by Gasteiger charge is 2.48. The minimum atomic E-state index is -0.241. The minimum absolute atomic E-state index is 0.121. The Morgan fingerprint density at radius 1 is 1.38 bits per heavy atom. The second-order valence-electron chi connectivity index (χ2n) is 7.08. The molecule has 0 radical (unpaired) electrons. The van der Waals surface area contributed by atoms with Gasteiger partial charge in [-0.15, -0.1) is 0 Å². The van der Waals surface area contributed by atoms with E-state index in [0.717, 1.165) is 6.42 Å². The van der Waals surface area contributed by atoms with Crippen LogP contribution in [0.25, 0.3) is 0 Å². The van der Waals surface area contributed by atoms with Gasteiger partial charge in [-0.1, -0.05) is 17.7 Å². The van der Waals surface area contributed by atoms with E-state index in [1.54, 1.807) is 12.1 Å². The zero-order valence-corrected chi connectivity index (χ0v) is 14.2. The predicted molar refractivity (Wildman–Crippen MR) is 85.3 cm³/mol. The Morgan fingerprint density at radius 3 is 2.52 bits per heavy atom. The number of likely N-dealkylation sites (N-methyl/N-ethyl adjacent to an activating group) is 1. The summed E-state index contributed by atoms with van der Waals surface area (Å²) in [5.41, 5.74) is 0.191. The molecule has 0 spiro atoms. The van der Waals surface area contributed by atoms with Gasteiger partial charge in [-0.2, -0.15) is 0 Å². The third-order valence-electron chi connectivity index (χ3n) is 4.49. The van der Waals surface area contributed by atoms with E-state index in [0.29, 0.717) is 22.9 Å². The van der Waals surface area contributed by atoms with Crippen LogP contribution >= 0.6 is 11.6 Å². The maximum Gasteiger partial charge on any atom is 0.127 e. The van der Waals surface area contributed by atoms with Crippen LogP contribution in [0.1, 0.15) is 39.7 Å². The Bertz CT molecular complexity index is 495. The van der Waals surface area contributed by atoms with Gasteiger partial charge in [-0.05, 0) is 59.7 Å². The molecule has 1 aliphatic rings. The average molecular weight is 314 g/mol. The van der Waals surface area contributed by atoms with Crippen molar-refractivity contribution in [2.24, 2.45) is 5.92 Å². The topological polar surface area (TPSA) is 21.3 Å². The van der Waals surface area contributed by atoms with Crippen molar-refractivity contribution in [2.45, 2.75) is 57.8 Å². The molecule has 2 nitrogen and oxygen atoms in total. The molecule has 1 aromatic rings. The van der Waals surface area contributed by atoms with Crippen molar-refractivity contribution in [1.29, 1.82) is 0 Å². The van der Waals surface area contributed by atoms with Crippen molar-refractivity contribution in [1.82, 2.24) is 5.32 Å². The zero-order chi connectivity index (χ0) is 15.8. The molecule has 2 rings (SSSR count). The summed E-state index contributed by atoms with van der Waals surface area (Å²) in [7, 11) is 1.92. The molecule has 0 amide bonds. The van der Waals surface area contributed by atoms with Gasteiger partial charge < -0.3 is 10.1 Å². The van der Waals surface area contributed by atoms with Crippen molar-refractivity contribution < 1.29 is 9.13 Å². The van der Waals surface area contributed by atoms with Gasteiger partial charge in [-0.3, -0.25) is 0 Å². The lowest BCUT2D eigenvalue weighted by Gasteiger charge is -2.33. The van der Waals surface area contributed by atoms with Crippen LogP contribution in [0.15, 0.2) is 18.2 Å². The molecule has 4 heteroatoms. The molecule has 1 heterocycles. The number of hydrogen-bond acceptors (Lipinski definition) is 2. The summed E-state index contributed by atoms with van der Waals surface area (Å²) in [6, 6.07) is 4.97. The van der Waals surface area contributed by atoms with E-state index in [2.05, 4.69) is 33.0 Å². The monoisotopic (exact) mass is 313 g/mol. The first kappa shape index (κ1) is 16.7. The van der Waals surface area contributed by atoms with E-state index in [9.17, 15) is 4.39 Å². The molecule has 1 aromatic carbocycles. The van der Waals surface area contributed by atoms with Crippen LogP contribution in [0.5, 0.6) is 0 Å². The highest BCUT2D eigenvalue weighted by molar-refractivity contribution is 6.31. The summed E-state index contributed by atoms with van der Waals surface area (Å²) >= 11 is 6.17. The van der Waals surface area contributed by atoms with Crippen LogP contribution < -0.4 is 5.32 Å². The number of ether oxygens (including phenoxy) is 1. The lowest BCUT2D eigenvalue weighted by atomic mass is 9.79. The maximum absolute atomic E-state index is 14.0. The maximum atomic E-state index is 14.0. The highest BCUT2D eigenvalue weighted by atomic mass is 35.5. The Kier molecular flexibility index (Phi) is 4.67. The van der Waals surface area contributed by atoms with Crippen LogP contribution in [-0.4, -0.2) is 24.3 Å². The molecule has 1 fully saturated rings. The van der Waals surface area contributed by atoms with Gasteiger partial charge in [-0.25, -0.2) is 4.39 Å². The van der Waals surface area contributed by atoms with Crippen LogP contribution in [-0.2, 0) is 11.2 Å². The number of hydrogen-bond donors (Lipinski definition) is 1. The van der Waals surface area contributed by atoms with Crippen LogP contribution in [0.4, 0.5) is 4.39 Å². The molecule has 2 unspecified atom stereocenters. The first-order chi connectivity index (χ1) is 9.66. The van der Waals surface area contributed by atoms with E-state index in [4.69, 9.17) is 16.3 Å². The van der Waals surface area contributed by atoms with Crippen molar-refractivity contribution in [2.75, 3.05) is 7.05 Å². The van der Waals surface area contributed by atoms with Crippen molar-refractivity contribution >= 4 is 11.6 Å². The summed E-state index contributed by atoms with van der Waals surface area (Å²) in [4.78, 5) is 0. The largest absolute Gasteiger partial charge is 0.369 e. The fourth-order valence-corrected chi connectivity index (χ4v) is 3.86. The standard InChI is InChI=1S/C17H25ClFNO/c1-16(2)10-12(17(3,4)21-16)15(20-5)9-11-13(18)7-6-8-14(11)19/h6-8,12,15,20H,9-10H2,1-5H3. The van der Waals surface area contributed by atoms with Gasteiger partial charge in [0.1, 0.15) is 5.82 Å². The first-order valence-corrected chi connectivity index (χ1v) is 7.84. The molecule has 21 heavy (non-hydrogen) atoms. The van der Waals surface area contributed by atoms with Gasteiger partial charge in [0.05, 0.1) is 11.2 Å². The van der Waals surface area contributed by atoms with Gasteiger partial charge in [0.25, 0.3) is 0 Å². The predicted octanol–water partition coefficient (Wildman–Crippen LogP) is 4.20. The van der Waals surface area contributed by atoms with Gasteiger partial charge in [0.2, 0.25) is 0 Å². The second kappa shape index (κ2) is 5.86. The van der Waals surface area contributed by atoms with Crippen molar-refractivity contribution in [3.05, 3.63) is 34.6 Å². The average Bonchev–Trinajstić information content (AvgIpc) is 2.57. The summed E-state index contributed by atoms with van der Waals surface area (Å²) in [5, 5.41) is 3.83. The number of rotatable bonds is 4. The fourth-order valence-electron chi connectivity index (χ4n) is 3.62. The number of halogens is 2. The summed E-state index contributed by atoms with van der Waals surface area (Å²) in [5.74, 6) is 0.0619. The Hall–Kier alpha value is -0.640. The Labute approximate surface area is 132 Å². The Morgan fingerprint density at radius 2 is 2.05 bits per heavy atom. The van der Waals surface area contributed by atoms with Crippen LogP contribution in [0, 0.1) is 11.7 Å². The fraction of sp³-hybridized carbons (Fsp3) is 0.647. The van der Waals surface area contributed by atoms with E-state index in [1.165, 1.54) is 6.07 Å². The lowest BCUT2D eigenvalue weighted by molar-refractivity contribution is -0.0774. The molecular weight excluding hydrogens is 289 g/mol. The third kappa shape index (κ3) is 3.58. The van der Waals surface area contributed by atoms with E-state index in [-0.39, 0.29) is 23.1 Å². The van der Waals surface area contributed by atoms with E-state index in [1.807, 2.05) is 7.05 Å². The first-order valence-electron chi connectivity index (χ1n) is 7.46. The lowest BCUT2D eigenvalue weighted by Crippen LogP contribution is -2.44. The highest BCUT2D eigenvalue weighted by Crippen LogP contribution is 2.44. The number of benzene rings is 1. The molecule has 1 N–H and O–H groups in total. The van der Waals surface area contributed by atoms with Gasteiger partial charge in [0.15, 0.2) is 0 Å². The van der Waals surface area contributed by atoms with Crippen LogP contribution in [0.2, 0.25) is 5.02 Å². The molecule has 0 aromatic heterocycles. The Balaban J connectivity index is 2.25. The summed E-state index contributed by atoms with van der Waals surface area (Å²) in [6.45, 7) is 8.44. The molecule has 0 bridgehead atoms. The number of nitrogens with one attached hydrogen (secondary N) is 1. The normalized spacial score (nSPS) is 25.0. The van der Waals surface area contributed by atoms with E-state index >= 15 is 0 Å². The summed E-state index contributed by atoms with van der Waals surface area (Å²) < 4.78 is 20.2. The molecule has 118 valence electrons. The molecular formula is C17H25ClFNO. The SMILES string of the molecule is CNC(Cc1c(F)cccc1Cl)C1CC(C)(C)OC1(C)C. The quantitative estimate of drug-likeness (QED) is 0.899. The molecule has 1 aliphatic heterocycles. The molecule has 0 saturated carbocycles. The minimum Gasteiger partial charge on any atom is -0.369 e.